The van der Waals surface area contributed by atoms with Gasteiger partial charge in [-0.15, -0.1) is 0 Å². The van der Waals surface area contributed by atoms with Crippen molar-refractivity contribution in [1.82, 2.24) is 5.32 Å². The van der Waals surface area contributed by atoms with Gasteiger partial charge < -0.3 is 20.3 Å². The lowest BCUT2D eigenvalue weighted by Gasteiger charge is -2.24. The molecule has 0 aliphatic rings. The van der Waals surface area contributed by atoms with Crippen LogP contribution in [0.2, 0.25) is 0 Å². The zero-order chi connectivity index (χ0) is 46.7. The molecule has 1 amide bonds. The van der Waals surface area contributed by atoms with Crippen LogP contribution in [0.5, 0.6) is 0 Å². The first-order valence-electron chi connectivity index (χ1n) is 26.9. The third-order valence-electron chi connectivity index (χ3n) is 11.9. The van der Waals surface area contributed by atoms with Crippen LogP contribution in [-0.2, 0) is 14.3 Å². The van der Waals surface area contributed by atoms with Crippen LogP contribution in [0.15, 0.2) is 85.1 Å². The predicted octanol–water partition coefficient (Wildman–Crippen LogP) is 16.3. The summed E-state index contributed by atoms with van der Waals surface area (Å²) in [6, 6.07) is -0.718. The van der Waals surface area contributed by atoms with Crippen molar-refractivity contribution in [3.05, 3.63) is 85.1 Å². The Morgan fingerprint density at radius 3 is 1.34 bits per heavy atom. The fourth-order valence-electron chi connectivity index (χ4n) is 7.81. The standard InChI is InChI=1S/C58H101NO5/c1-4-7-10-13-16-19-22-25-27-28-30-33-36-39-42-45-48-51-58(63)64-54(49-46-43-40-37-34-31-24-21-18-15-12-9-6-3)52-57(62)59-55(53-60)56(61)50-47-44-41-38-35-32-29-26-23-20-17-14-11-8-5-2/h7,10,13,16,19,21-22,24-25,27-28,30,33,36,54-56,60-61H,4-6,8-9,11-12,14-15,17-18,20,23,26,29,31-32,34-35,37-53H2,1-3H3,(H,59,62)/b10-7-,16-13+,22-19+,24-21-,27-25-,30-28+,36-33+. The number of ether oxygens (including phenoxy) is 1. The normalized spacial score (nSPS) is 13.9. The molecule has 6 nitrogen and oxygen atoms in total. The van der Waals surface area contributed by atoms with E-state index in [1.54, 1.807) is 0 Å². The summed E-state index contributed by atoms with van der Waals surface area (Å²) in [5, 5.41) is 23.8. The Kier molecular flexibility index (Phi) is 48.7. The van der Waals surface area contributed by atoms with Gasteiger partial charge in [0, 0.05) is 6.42 Å². The molecule has 3 unspecified atom stereocenters. The molecule has 0 heterocycles. The van der Waals surface area contributed by atoms with Gasteiger partial charge in [-0.3, -0.25) is 9.59 Å². The highest BCUT2D eigenvalue weighted by Gasteiger charge is 2.24. The van der Waals surface area contributed by atoms with E-state index in [2.05, 4.69) is 62.5 Å². The van der Waals surface area contributed by atoms with Gasteiger partial charge in [-0.25, -0.2) is 0 Å². The molecule has 0 aromatic carbocycles. The van der Waals surface area contributed by atoms with Crippen molar-refractivity contribution in [2.45, 2.75) is 264 Å². The lowest BCUT2D eigenvalue weighted by Crippen LogP contribution is -2.46. The molecule has 6 heteroatoms. The Labute approximate surface area is 395 Å². The van der Waals surface area contributed by atoms with Gasteiger partial charge in [-0.05, 0) is 70.6 Å². The Hall–Kier alpha value is -2.96. The number of aliphatic hydroxyl groups excluding tert-OH is 2. The summed E-state index contributed by atoms with van der Waals surface area (Å²) in [5.41, 5.74) is 0. The maximum Gasteiger partial charge on any atom is 0.306 e. The van der Waals surface area contributed by atoms with Crippen molar-refractivity contribution < 1.29 is 24.5 Å². The van der Waals surface area contributed by atoms with E-state index in [-0.39, 0.29) is 24.9 Å². The van der Waals surface area contributed by atoms with E-state index in [0.717, 1.165) is 77.0 Å². The second-order valence-electron chi connectivity index (χ2n) is 18.0. The number of carbonyl (C=O) groups is 2. The lowest BCUT2D eigenvalue weighted by atomic mass is 10.0. The number of hydrogen-bond acceptors (Lipinski definition) is 5. The highest BCUT2D eigenvalue weighted by Crippen LogP contribution is 2.18. The van der Waals surface area contributed by atoms with Gasteiger partial charge in [0.1, 0.15) is 6.10 Å². The van der Waals surface area contributed by atoms with Crippen LogP contribution < -0.4 is 5.32 Å². The highest BCUT2D eigenvalue weighted by molar-refractivity contribution is 5.77. The van der Waals surface area contributed by atoms with Crippen LogP contribution in [0.25, 0.3) is 0 Å². The third kappa shape index (κ3) is 45.6. The van der Waals surface area contributed by atoms with E-state index < -0.39 is 18.2 Å². The molecule has 0 aliphatic carbocycles. The number of nitrogens with one attached hydrogen (secondary N) is 1. The highest BCUT2D eigenvalue weighted by atomic mass is 16.5. The van der Waals surface area contributed by atoms with Gasteiger partial charge in [0.15, 0.2) is 0 Å². The topological polar surface area (TPSA) is 95.9 Å². The fraction of sp³-hybridized carbons (Fsp3) is 0.724. The maximum absolute atomic E-state index is 13.2. The molecule has 64 heavy (non-hydrogen) atoms. The molecule has 3 N–H and O–H groups in total. The molecule has 0 fully saturated rings. The van der Waals surface area contributed by atoms with Crippen LogP contribution in [0.1, 0.15) is 245 Å². The summed E-state index contributed by atoms with van der Waals surface area (Å²) in [7, 11) is 0. The number of amides is 1. The van der Waals surface area contributed by atoms with E-state index in [0.29, 0.717) is 19.3 Å². The fourth-order valence-corrected chi connectivity index (χ4v) is 7.81. The number of allylic oxidation sites excluding steroid dienone is 14. The molecule has 0 saturated heterocycles. The summed E-state index contributed by atoms with van der Waals surface area (Å²) in [5.74, 6) is -0.535. The van der Waals surface area contributed by atoms with Gasteiger partial charge >= 0.3 is 5.97 Å². The summed E-state index contributed by atoms with van der Waals surface area (Å²) < 4.78 is 5.92. The molecule has 0 aliphatic heterocycles. The Bertz CT molecular complexity index is 1230. The summed E-state index contributed by atoms with van der Waals surface area (Å²) >= 11 is 0. The molecule has 368 valence electrons. The van der Waals surface area contributed by atoms with E-state index >= 15 is 0 Å². The van der Waals surface area contributed by atoms with Gasteiger partial charge in [0.25, 0.3) is 0 Å². The molecule has 0 spiro atoms. The molecule has 0 aromatic rings. The average Bonchev–Trinajstić information content (AvgIpc) is 3.29. The van der Waals surface area contributed by atoms with Crippen molar-refractivity contribution in [2.75, 3.05) is 6.61 Å². The van der Waals surface area contributed by atoms with Crippen LogP contribution in [0.4, 0.5) is 0 Å². The second kappa shape index (κ2) is 51.0. The van der Waals surface area contributed by atoms with Crippen LogP contribution >= 0.6 is 0 Å². The number of hydrogen-bond donors (Lipinski definition) is 3. The second-order valence-corrected chi connectivity index (χ2v) is 18.0. The third-order valence-corrected chi connectivity index (χ3v) is 11.9. The zero-order valence-corrected chi connectivity index (χ0v) is 41.9. The first-order valence-corrected chi connectivity index (χ1v) is 26.9. The zero-order valence-electron chi connectivity index (χ0n) is 41.9. The SMILES string of the molecule is CC\C=C/C=C/C=C/C=C\C=C\C=C\CCCCCC(=O)OC(CCCCCCC/C=C\CCCCCC)CC(=O)NC(CO)C(O)CCCCCCCCCCCCCCCCC. The molecule has 0 bridgehead atoms. The molecule has 0 aromatic heterocycles. The molecule has 0 saturated carbocycles. The first kappa shape index (κ1) is 61.0. The van der Waals surface area contributed by atoms with Gasteiger partial charge in [0.2, 0.25) is 5.91 Å². The monoisotopic (exact) mass is 892 g/mol. The first-order chi connectivity index (χ1) is 31.5. The smallest absolute Gasteiger partial charge is 0.306 e. The molecular weight excluding hydrogens is 791 g/mol. The minimum Gasteiger partial charge on any atom is -0.462 e. The number of aliphatic hydroxyl groups is 2. The van der Waals surface area contributed by atoms with Crippen molar-refractivity contribution in [3.8, 4) is 0 Å². The van der Waals surface area contributed by atoms with Gasteiger partial charge in [0.05, 0.1) is 25.2 Å². The van der Waals surface area contributed by atoms with Crippen molar-refractivity contribution in [3.63, 3.8) is 0 Å². The molecule has 0 radical (unpaired) electrons. The van der Waals surface area contributed by atoms with E-state index in [9.17, 15) is 19.8 Å². The van der Waals surface area contributed by atoms with Gasteiger partial charge in [-0.1, -0.05) is 247 Å². The van der Waals surface area contributed by atoms with Crippen LogP contribution in [0, 0.1) is 0 Å². The van der Waals surface area contributed by atoms with Gasteiger partial charge in [-0.2, -0.15) is 0 Å². The number of esters is 1. The van der Waals surface area contributed by atoms with Crippen molar-refractivity contribution in [1.29, 1.82) is 0 Å². The van der Waals surface area contributed by atoms with Crippen LogP contribution in [0.3, 0.4) is 0 Å². The molecular formula is C58H101NO5. The van der Waals surface area contributed by atoms with E-state index in [4.69, 9.17) is 4.74 Å². The summed E-state index contributed by atoms with van der Waals surface area (Å²) in [4.78, 5) is 26.2. The Balaban J connectivity index is 4.66. The van der Waals surface area contributed by atoms with Crippen molar-refractivity contribution >= 4 is 11.9 Å². The predicted molar refractivity (Wildman–Crippen MR) is 278 cm³/mol. The number of rotatable bonds is 47. The van der Waals surface area contributed by atoms with E-state index in [1.165, 1.54) is 122 Å². The van der Waals surface area contributed by atoms with E-state index in [1.807, 2.05) is 48.6 Å². The Morgan fingerprint density at radius 1 is 0.469 bits per heavy atom. The summed E-state index contributed by atoms with van der Waals surface area (Å²) in [6.07, 6.45) is 66.3. The summed E-state index contributed by atoms with van der Waals surface area (Å²) in [6.45, 7) is 6.32. The maximum atomic E-state index is 13.2. The largest absolute Gasteiger partial charge is 0.462 e. The number of unbranched alkanes of at least 4 members (excludes halogenated alkanes) is 26. The van der Waals surface area contributed by atoms with Crippen molar-refractivity contribution in [2.24, 2.45) is 0 Å². The molecule has 3 atom stereocenters. The van der Waals surface area contributed by atoms with Crippen LogP contribution in [-0.4, -0.2) is 46.9 Å². The Morgan fingerprint density at radius 2 is 0.859 bits per heavy atom. The molecule has 0 rings (SSSR count). The quantitative estimate of drug-likeness (QED) is 0.0245. The minimum atomic E-state index is -0.802. The lowest BCUT2D eigenvalue weighted by molar-refractivity contribution is -0.151. The minimum absolute atomic E-state index is 0.0501. The average molecular weight is 892 g/mol. The number of carbonyl (C=O) groups excluding carboxylic acids is 2.